The van der Waals surface area contributed by atoms with Crippen LogP contribution in [0.2, 0.25) is 0 Å². The lowest BCUT2D eigenvalue weighted by Gasteiger charge is -2.09. The number of benzene rings is 1. The van der Waals surface area contributed by atoms with Crippen molar-refractivity contribution in [3.63, 3.8) is 0 Å². The van der Waals surface area contributed by atoms with Crippen molar-refractivity contribution >= 4 is 6.21 Å². The van der Waals surface area contributed by atoms with Crippen LogP contribution >= 0.6 is 0 Å². The minimum Gasteiger partial charge on any atom is -0.496 e. The lowest BCUT2D eigenvalue weighted by atomic mass is 10.00. The standard InChI is InChI=1S/C13H18NO2/c1-13(2,3)10-14-16-9-11-7-5-6-8-12(11)15-4/h5-8H,9H2,1-4H3. The third-order valence-corrected chi connectivity index (χ3v) is 1.86. The lowest BCUT2D eigenvalue weighted by molar-refractivity contribution is 0.127. The van der Waals surface area contributed by atoms with Crippen LogP contribution in [0.4, 0.5) is 0 Å². The molecule has 0 N–H and O–H groups in total. The summed E-state index contributed by atoms with van der Waals surface area (Å²) in [6, 6.07) is 7.71. The Labute approximate surface area is 97.1 Å². The van der Waals surface area contributed by atoms with Gasteiger partial charge in [0.05, 0.1) is 7.11 Å². The van der Waals surface area contributed by atoms with Crippen molar-refractivity contribution in [2.75, 3.05) is 7.11 Å². The summed E-state index contributed by atoms with van der Waals surface area (Å²) in [5.74, 6) is 0.813. The van der Waals surface area contributed by atoms with Crippen molar-refractivity contribution in [2.45, 2.75) is 27.4 Å². The van der Waals surface area contributed by atoms with Crippen molar-refractivity contribution < 1.29 is 9.57 Å². The summed E-state index contributed by atoms with van der Waals surface area (Å²) < 4.78 is 5.20. The Morgan fingerprint density at radius 2 is 1.94 bits per heavy atom. The Morgan fingerprint density at radius 1 is 1.25 bits per heavy atom. The molecular weight excluding hydrogens is 202 g/mol. The molecule has 0 bridgehead atoms. The minimum absolute atomic E-state index is 0.0826. The first-order valence-electron chi connectivity index (χ1n) is 5.24. The van der Waals surface area contributed by atoms with Gasteiger partial charge in [0.1, 0.15) is 18.6 Å². The van der Waals surface area contributed by atoms with E-state index in [2.05, 4.69) is 11.4 Å². The number of hydrogen-bond donors (Lipinski definition) is 0. The summed E-state index contributed by atoms with van der Waals surface area (Å²) in [5.41, 5.74) is 0.894. The molecule has 0 heterocycles. The first-order valence-corrected chi connectivity index (χ1v) is 5.24. The third-order valence-electron chi connectivity index (χ3n) is 1.86. The van der Waals surface area contributed by atoms with E-state index in [9.17, 15) is 0 Å². The third kappa shape index (κ3) is 4.34. The quantitative estimate of drug-likeness (QED) is 0.576. The Bertz CT molecular complexity index is 353. The lowest BCUT2D eigenvalue weighted by Crippen LogP contribution is -2.06. The molecule has 3 heteroatoms. The van der Waals surface area contributed by atoms with Crippen molar-refractivity contribution in [1.29, 1.82) is 0 Å². The molecule has 0 saturated heterocycles. The minimum atomic E-state index is -0.0826. The van der Waals surface area contributed by atoms with E-state index in [0.717, 1.165) is 11.3 Å². The van der Waals surface area contributed by atoms with E-state index in [1.807, 2.05) is 45.0 Å². The smallest absolute Gasteiger partial charge is 0.145 e. The number of hydrogen-bond acceptors (Lipinski definition) is 3. The van der Waals surface area contributed by atoms with Crippen LogP contribution in [0.25, 0.3) is 0 Å². The van der Waals surface area contributed by atoms with Gasteiger partial charge >= 0.3 is 0 Å². The SMILES string of the molecule is COc1ccccc1CO/N=[C]\C(C)(C)C. The molecule has 0 spiro atoms. The summed E-state index contributed by atoms with van der Waals surface area (Å²) in [6.07, 6.45) is 2.89. The topological polar surface area (TPSA) is 30.8 Å². The van der Waals surface area contributed by atoms with Crippen molar-refractivity contribution in [2.24, 2.45) is 10.6 Å². The monoisotopic (exact) mass is 220 g/mol. The van der Waals surface area contributed by atoms with Gasteiger partial charge in [-0.2, -0.15) is 0 Å². The zero-order chi connectivity index (χ0) is 12.0. The molecule has 16 heavy (non-hydrogen) atoms. The largest absolute Gasteiger partial charge is 0.496 e. The summed E-state index contributed by atoms with van der Waals surface area (Å²) >= 11 is 0. The summed E-state index contributed by atoms with van der Waals surface area (Å²) in [6.45, 7) is 6.45. The van der Waals surface area contributed by atoms with E-state index in [4.69, 9.17) is 9.57 Å². The van der Waals surface area contributed by atoms with Gasteiger partial charge in [-0.15, -0.1) is 0 Å². The number of ether oxygens (including phenoxy) is 1. The molecule has 1 aromatic rings. The van der Waals surface area contributed by atoms with Crippen molar-refractivity contribution in [1.82, 2.24) is 0 Å². The molecule has 0 aliphatic carbocycles. The molecule has 87 valence electrons. The van der Waals surface area contributed by atoms with E-state index in [0.29, 0.717) is 6.61 Å². The Morgan fingerprint density at radius 3 is 2.56 bits per heavy atom. The average Bonchev–Trinajstić information content (AvgIpc) is 2.23. The highest BCUT2D eigenvalue weighted by Gasteiger charge is 2.07. The van der Waals surface area contributed by atoms with Crippen LogP contribution in [-0.4, -0.2) is 13.3 Å². The van der Waals surface area contributed by atoms with Crippen LogP contribution < -0.4 is 4.74 Å². The second-order valence-corrected chi connectivity index (χ2v) is 4.54. The molecule has 1 rings (SSSR count). The fraction of sp³-hybridized carbons (Fsp3) is 0.462. The van der Waals surface area contributed by atoms with Gasteiger partial charge in [-0.3, -0.25) is 0 Å². The van der Waals surface area contributed by atoms with E-state index in [1.54, 1.807) is 7.11 Å². The first kappa shape index (κ1) is 12.6. The fourth-order valence-corrected chi connectivity index (χ4v) is 1.09. The molecule has 0 unspecified atom stereocenters. The predicted molar refractivity (Wildman–Crippen MR) is 64.7 cm³/mol. The Balaban J connectivity index is 2.52. The molecular formula is C13H18NO2. The van der Waals surface area contributed by atoms with E-state index in [1.165, 1.54) is 0 Å². The highest BCUT2D eigenvalue weighted by atomic mass is 16.6. The molecule has 0 amide bonds. The number of methoxy groups -OCH3 is 1. The molecule has 0 atom stereocenters. The van der Waals surface area contributed by atoms with Gasteiger partial charge in [0.15, 0.2) is 0 Å². The zero-order valence-electron chi connectivity index (χ0n) is 10.3. The molecule has 1 radical (unpaired) electrons. The van der Waals surface area contributed by atoms with Gasteiger partial charge in [-0.1, -0.05) is 44.1 Å². The summed E-state index contributed by atoms with van der Waals surface area (Å²) in [7, 11) is 1.64. The normalized spacial score (nSPS) is 11.8. The molecule has 1 aromatic carbocycles. The second-order valence-electron chi connectivity index (χ2n) is 4.54. The number of nitrogens with zero attached hydrogens (tertiary/aromatic N) is 1. The van der Waals surface area contributed by atoms with Gasteiger partial charge in [-0.25, -0.2) is 0 Å². The maximum absolute atomic E-state index is 5.20. The maximum atomic E-state index is 5.20. The van der Waals surface area contributed by atoms with Gasteiger partial charge in [0.25, 0.3) is 0 Å². The van der Waals surface area contributed by atoms with Gasteiger partial charge < -0.3 is 9.57 Å². The molecule has 0 saturated carbocycles. The molecule has 0 aliphatic rings. The Hall–Kier alpha value is -1.51. The number of para-hydroxylation sites is 1. The van der Waals surface area contributed by atoms with Crippen LogP contribution in [0.3, 0.4) is 0 Å². The second kappa shape index (κ2) is 5.54. The van der Waals surface area contributed by atoms with Crippen LogP contribution in [0.1, 0.15) is 26.3 Å². The maximum Gasteiger partial charge on any atom is 0.145 e. The van der Waals surface area contributed by atoms with Crippen LogP contribution in [-0.2, 0) is 11.4 Å². The molecule has 0 fully saturated rings. The predicted octanol–water partition coefficient (Wildman–Crippen LogP) is 3.12. The highest BCUT2D eigenvalue weighted by molar-refractivity contribution is 5.63. The zero-order valence-corrected chi connectivity index (χ0v) is 10.3. The summed E-state index contributed by atoms with van der Waals surface area (Å²) in [5, 5.41) is 3.81. The van der Waals surface area contributed by atoms with Crippen LogP contribution in [0, 0.1) is 5.41 Å². The number of rotatable bonds is 4. The van der Waals surface area contributed by atoms with Crippen molar-refractivity contribution in [3.05, 3.63) is 29.8 Å². The molecule has 0 aromatic heterocycles. The summed E-state index contributed by atoms with van der Waals surface area (Å²) in [4.78, 5) is 5.17. The fourth-order valence-electron chi connectivity index (χ4n) is 1.09. The first-order chi connectivity index (χ1) is 7.53. The van der Waals surface area contributed by atoms with Gasteiger partial charge in [0, 0.05) is 11.0 Å². The van der Waals surface area contributed by atoms with E-state index < -0.39 is 0 Å². The highest BCUT2D eigenvalue weighted by Crippen LogP contribution is 2.18. The molecule has 3 nitrogen and oxygen atoms in total. The van der Waals surface area contributed by atoms with Gasteiger partial charge in [-0.05, 0) is 6.07 Å². The van der Waals surface area contributed by atoms with Crippen LogP contribution in [0.5, 0.6) is 5.75 Å². The Kier molecular flexibility index (Phi) is 4.35. The van der Waals surface area contributed by atoms with E-state index in [-0.39, 0.29) is 5.41 Å². The van der Waals surface area contributed by atoms with E-state index >= 15 is 0 Å². The van der Waals surface area contributed by atoms with Gasteiger partial charge in [0.2, 0.25) is 0 Å². The average molecular weight is 220 g/mol. The van der Waals surface area contributed by atoms with Crippen LogP contribution in [0.15, 0.2) is 29.4 Å². The van der Waals surface area contributed by atoms with Crippen molar-refractivity contribution in [3.8, 4) is 5.75 Å². The molecule has 0 aliphatic heterocycles.